The molecular weight excluding hydrogens is 429 g/mol. The van der Waals surface area contributed by atoms with Crippen LogP contribution in [0.1, 0.15) is 21.5 Å². The van der Waals surface area contributed by atoms with Gasteiger partial charge >= 0.3 is 0 Å². The van der Waals surface area contributed by atoms with Gasteiger partial charge in [-0.1, -0.05) is 41.4 Å². The summed E-state index contributed by atoms with van der Waals surface area (Å²) in [6, 6.07) is 17.8. The quantitative estimate of drug-likeness (QED) is 0.306. The summed E-state index contributed by atoms with van der Waals surface area (Å²) in [5.41, 5.74) is 3.45. The molecule has 9 heteroatoms. The topological polar surface area (TPSA) is 93.8 Å². The molecule has 0 aliphatic rings. The van der Waals surface area contributed by atoms with Gasteiger partial charge in [-0.2, -0.15) is 5.10 Å². The van der Waals surface area contributed by atoms with Crippen molar-refractivity contribution in [1.29, 1.82) is 0 Å². The predicted octanol–water partition coefficient (Wildman–Crippen LogP) is 5.24. The van der Waals surface area contributed by atoms with E-state index in [2.05, 4.69) is 10.5 Å². The van der Waals surface area contributed by atoms with Crippen LogP contribution in [0.3, 0.4) is 0 Å². The van der Waals surface area contributed by atoms with Gasteiger partial charge in [-0.15, -0.1) is 0 Å². The molecule has 0 heterocycles. The molecule has 30 heavy (non-hydrogen) atoms. The fourth-order valence-electron chi connectivity index (χ4n) is 2.50. The van der Waals surface area contributed by atoms with Crippen molar-refractivity contribution in [1.82, 2.24) is 5.43 Å². The Hall–Kier alpha value is -3.42. The molecule has 1 amide bonds. The van der Waals surface area contributed by atoms with Crippen LogP contribution in [0.25, 0.3) is 0 Å². The molecule has 3 aromatic rings. The normalized spacial score (nSPS) is 10.7. The molecule has 152 valence electrons. The third-order valence-electron chi connectivity index (χ3n) is 4.01. The maximum Gasteiger partial charge on any atom is 0.282 e. The number of hydrogen-bond donors (Lipinski definition) is 1. The zero-order valence-electron chi connectivity index (χ0n) is 15.4. The fourth-order valence-corrected chi connectivity index (χ4v) is 2.96. The molecule has 0 spiro atoms. The fraction of sp³-hybridized carbons (Fsp3) is 0.0476. The van der Waals surface area contributed by atoms with Gasteiger partial charge in [0, 0.05) is 21.7 Å². The van der Waals surface area contributed by atoms with E-state index in [1.807, 2.05) is 0 Å². The number of nitrogens with zero attached hydrogens (tertiary/aromatic N) is 2. The van der Waals surface area contributed by atoms with Gasteiger partial charge < -0.3 is 4.74 Å². The Morgan fingerprint density at radius 3 is 2.53 bits per heavy atom. The van der Waals surface area contributed by atoms with Gasteiger partial charge in [0.05, 0.1) is 11.1 Å². The highest BCUT2D eigenvalue weighted by Crippen LogP contribution is 2.23. The van der Waals surface area contributed by atoms with Gasteiger partial charge in [0.25, 0.3) is 11.6 Å². The molecule has 0 aromatic heterocycles. The number of hydrogen-bond acceptors (Lipinski definition) is 5. The van der Waals surface area contributed by atoms with Crippen molar-refractivity contribution >= 4 is 41.0 Å². The largest absolute Gasteiger partial charge is 0.489 e. The first kappa shape index (κ1) is 21.3. The molecule has 0 bridgehead atoms. The number of nitrogens with one attached hydrogen (secondary N) is 1. The number of benzene rings is 3. The van der Waals surface area contributed by atoms with Crippen molar-refractivity contribution in [2.75, 3.05) is 0 Å². The first-order valence-corrected chi connectivity index (χ1v) is 9.43. The first-order valence-electron chi connectivity index (χ1n) is 8.67. The van der Waals surface area contributed by atoms with Crippen LogP contribution in [0.5, 0.6) is 5.75 Å². The molecule has 0 saturated heterocycles. The second-order valence-electron chi connectivity index (χ2n) is 6.07. The van der Waals surface area contributed by atoms with Gasteiger partial charge in [0.2, 0.25) is 0 Å². The number of rotatable bonds is 7. The lowest BCUT2D eigenvalue weighted by molar-refractivity contribution is -0.385. The predicted molar refractivity (Wildman–Crippen MR) is 115 cm³/mol. The molecule has 1 N–H and O–H groups in total. The van der Waals surface area contributed by atoms with Crippen LogP contribution in [0.15, 0.2) is 71.8 Å². The SMILES string of the molecule is O=C(N/N=C\c1ccc(OCc2ccc(Cl)cc2Cl)cc1)c1ccccc1[N+](=O)[O-]. The van der Waals surface area contributed by atoms with E-state index in [0.29, 0.717) is 21.4 Å². The number of amides is 1. The van der Waals surface area contributed by atoms with Crippen molar-refractivity contribution in [2.24, 2.45) is 5.10 Å². The van der Waals surface area contributed by atoms with E-state index in [4.69, 9.17) is 27.9 Å². The Morgan fingerprint density at radius 1 is 1.10 bits per heavy atom. The summed E-state index contributed by atoms with van der Waals surface area (Å²) in [4.78, 5) is 22.5. The van der Waals surface area contributed by atoms with Crippen LogP contribution >= 0.6 is 23.2 Å². The molecule has 0 fully saturated rings. The number of carbonyl (C=O) groups is 1. The Kier molecular flexibility index (Phi) is 7.00. The highest BCUT2D eigenvalue weighted by atomic mass is 35.5. The lowest BCUT2D eigenvalue weighted by Gasteiger charge is -2.08. The lowest BCUT2D eigenvalue weighted by atomic mass is 10.2. The minimum absolute atomic E-state index is 0.0655. The summed E-state index contributed by atoms with van der Waals surface area (Å²) < 4.78 is 5.70. The molecule has 0 aliphatic heterocycles. The smallest absolute Gasteiger partial charge is 0.282 e. The van der Waals surface area contributed by atoms with Gasteiger partial charge in [-0.25, -0.2) is 5.43 Å². The summed E-state index contributed by atoms with van der Waals surface area (Å²) in [5, 5.41) is 15.9. The van der Waals surface area contributed by atoms with Crippen LogP contribution in [0.4, 0.5) is 5.69 Å². The maximum atomic E-state index is 12.1. The average molecular weight is 444 g/mol. The van der Waals surface area contributed by atoms with E-state index in [1.54, 1.807) is 48.5 Å². The van der Waals surface area contributed by atoms with E-state index in [0.717, 1.165) is 5.56 Å². The van der Waals surface area contributed by atoms with Crippen LogP contribution in [0, 0.1) is 10.1 Å². The molecule has 0 atom stereocenters. The first-order chi connectivity index (χ1) is 14.4. The van der Waals surface area contributed by atoms with Crippen LogP contribution in [-0.4, -0.2) is 17.0 Å². The summed E-state index contributed by atoms with van der Waals surface area (Å²) in [5.74, 6) is -0.0412. The minimum atomic E-state index is -0.668. The molecular formula is C21H15Cl2N3O4. The zero-order chi connectivity index (χ0) is 21.5. The highest BCUT2D eigenvalue weighted by molar-refractivity contribution is 6.35. The van der Waals surface area contributed by atoms with Gasteiger partial charge in [-0.3, -0.25) is 14.9 Å². The second kappa shape index (κ2) is 9.87. The van der Waals surface area contributed by atoms with Crippen LogP contribution in [0.2, 0.25) is 10.0 Å². The third-order valence-corrected chi connectivity index (χ3v) is 4.60. The van der Waals surface area contributed by atoms with E-state index < -0.39 is 10.8 Å². The Bertz CT molecular complexity index is 1100. The average Bonchev–Trinajstić information content (AvgIpc) is 2.74. The monoisotopic (exact) mass is 443 g/mol. The van der Waals surface area contributed by atoms with E-state index >= 15 is 0 Å². The molecule has 3 aromatic carbocycles. The summed E-state index contributed by atoms with van der Waals surface area (Å²) in [6.45, 7) is 0.287. The lowest BCUT2D eigenvalue weighted by Crippen LogP contribution is -2.18. The second-order valence-corrected chi connectivity index (χ2v) is 6.91. The third kappa shape index (κ3) is 5.56. The molecule has 3 rings (SSSR count). The van der Waals surface area contributed by atoms with Crippen molar-refractivity contribution in [3.8, 4) is 5.75 Å². The number of ether oxygens (including phenoxy) is 1. The summed E-state index contributed by atoms with van der Waals surface area (Å²) in [7, 11) is 0. The number of carbonyl (C=O) groups excluding carboxylic acids is 1. The van der Waals surface area contributed by atoms with Crippen molar-refractivity contribution in [3.63, 3.8) is 0 Å². The molecule has 0 saturated carbocycles. The van der Waals surface area contributed by atoms with E-state index in [1.165, 1.54) is 24.4 Å². The molecule has 7 nitrogen and oxygen atoms in total. The number of halogens is 2. The Morgan fingerprint density at radius 2 is 1.83 bits per heavy atom. The summed E-state index contributed by atoms with van der Waals surface area (Å²) >= 11 is 12.0. The van der Waals surface area contributed by atoms with E-state index in [-0.39, 0.29) is 17.9 Å². The Balaban J connectivity index is 1.57. The molecule has 0 radical (unpaired) electrons. The van der Waals surface area contributed by atoms with Gasteiger partial charge in [0.1, 0.15) is 17.9 Å². The number of para-hydroxylation sites is 1. The minimum Gasteiger partial charge on any atom is -0.489 e. The van der Waals surface area contributed by atoms with Crippen LogP contribution < -0.4 is 10.2 Å². The van der Waals surface area contributed by atoms with Gasteiger partial charge in [-0.05, 0) is 48.0 Å². The highest BCUT2D eigenvalue weighted by Gasteiger charge is 2.18. The van der Waals surface area contributed by atoms with Crippen molar-refractivity contribution < 1.29 is 14.5 Å². The number of nitro groups is 1. The van der Waals surface area contributed by atoms with Gasteiger partial charge in [0.15, 0.2) is 0 Å². The number of nitro benzene ring substituents is 1. The van der Waals surface area contributed by atoms with Crippen LogP contribution in [-0.2, 0) is 6.61 Å². The maximum absolute atomic E-state index is 12.1. The van der Waals surface area contributed by atoms with Crippen molar-refractivity contribution in [3.05, 3.63) is 104 Å². The Labute approximate surface area is 182 Å². The van der Waals surface area contributed by atoms with Crippen molar-refractivity contribution in [2.45, 2.75) is 6.61 Å². The zero-order valence-corrected chi connectivity index (χ0v) is 16.9. The van der Waals surface area contributed by atoms with E-state index in [9.17, 15) is 14.9 Å². The number of hydrazone groups is 1. The molecule has 0 aliphatic carbocycles. The standard InChI is InChI=1S/C21H15Cl2N3O4/c22-16-8-7-15(19(23)11-16)13-30-17-9-5-14(6-10-17)12-24-25-21(27)18-3-1-2-4-20(18)26(28)29/h1-12H,13H2,(H,25,27)/b24-12-. The summed E-state index contributed by atoms with van der Waals surface area (Å²) in [6.07, 6.45) is 1.42. The molecule has 0 unspecified atom stereocenters.